The van der Waals surface area contributed by atoms with Crippen LogP contribution in [0.5, 0.6) is 0 Å². The summed E-state index contributed by atoms with van der Waals surface area (Å²) < 4.78 is 0. The van der Waals surface area contributed by atoms with E-state index < -0.39 is 5.60 Å². The molecule has 0 aromatic heterocycles. The highest BCUT2D eigenvalue weighted by molar-refractivity contribution is 6.49. The summed E-state index contributed by atoms with van der Waals surface area (Å²) in [5.74, 6) is 5.28. The lowest BCUT2D eigenvalue weighted by Crippen LogP contribution is -2.14. The Kier molecular flexibility index (Phi) is 4.40. The summed E-state index contributed by atoms with van der Waals surface area (Å²) in [7, 11) is 0. The molecule has 0 fully saturated rings. The highest BCUT2D eigenvalue weighted by Gasteiger charge is 2.13. The Morgan fingerprint density at radius 3 is 2.12 bits per heavy atom. The monoisotopic (exact) mass is 296 g/mol. The Morgan fingerprint density at radius 2 is 1.62 bits per heavy atom. The first-order chi connectivity index (χ1) is 7.22. The minimum absolute atomic E-state index is 0.191. The maximum Gasteiger partial charge on any atom is 0.120 e. The molecule has 1 N–H and O–H groups in total. The van der Waals surface area contributed by atoms with E-state index in [0.29, 0.717) is 10.6 Å². The molecule has 0 heterocycles. The fourth-order valence-corrected chi connectivity index (χ4v) is 1.90. The van der Waals surface area contributed by atoms with Crippen molar-refractivity contribution in [2.24, 2.45) is 0 Å². The van der Waals surface area contributed by atoms with Crippen LogP contribution in [0.4, 0.5) is 0 Å². The predicted molar refractivity (Wildman–Crippen MR) is 69.7 cm³/mol. The fraction of sp³-hybridized carbons (Fsp3) is 0.273. The van der Waals surface area contributed by atoms with Crippen LogP contribution in [0.3, 0.4) is 0 Å². The van der Waals surface area contributed by atoms with E-state index in [-0.39, 0.29) is 15.1 Å². The Bertz CT molecular complexity index is 477. The van der Waals surface area contributed by atoms with E-state index in [9.17, 15) is 5.11 Å². The van der Waals surface area contributed by atoms with Gasteiger partial charge in [-0.05, 0) is 19.9 Å². The first-order valence-electron chi connectivity index (χ1n) is 4.31. The molecule has 0 atom stereocenters. The van der Waals surface area contributed by atoms with Gasteiger partial charge in [0.25, 0.3) is 0 Å². The maximum absolute atomic E-state index is 9.47. The van der Waals surface area contributed by atoms with Gasteiger partial charge in [0.05, 0.1) is 25.7 Å². The van der Waals surface area contributed by atoms with Gasteiger partial charge in [0, 0.05) is 0 Å². The molecule has 0 radical (unpaired) electrons. The second-order valence-electron chi connectivity index (χ2n) is 3.65. The van der Waals surface area contributed by atoms with E-state index in [0.717, 1.165) is 0 Å². The van der Waals surface area contributed by atoms with Gasteiger partial charge >= 0.3 is 0 Å². The van der Waals surface area contributed by atoms with E-state index in [2.05, 4.69) is 11.8 Å². The molecule has 1 aromatic rings. The van der Waals surface area contributed by atoms with Gasteiger partial charge in [-0.25, -0.2) is 0 Å². The number of hydrogen-bond donors (Lipinski definition) is 1. The summed E-state index contributed by atoms with van der Waals surface area (Å²) in [4.78, 5) is 0. The summed E-state index contributed by atoms with van der Waals surface area (Å²) in [5.41, 5.74) is -0.765. The van der Waals surface area contributed by atoms with Gasteiger partial charge in [-0.1, -0.05) is 58.2 Å². The number of rotatable bonds is 0. The lowest BCUT2D eigenvalue weighted by Gasteiger charge is -2.08. The standard InChI is InChI=1S/C11H8Cl4O/c1-11(2,16)4-3-6-7(12)5-8(13)10(15)9(6)14/h5,16H,1-2H3. The van der Waals surface area contributed by atoms with E-state index in [1.165, 1.54) is 6.07 Å². The molecule has 86 valence electrons. The molecular formula is C11H8Cl4O. The zero-order valence-electron chi connectivity index (χ0n) is 8.54. The van der Waals surface area contributed by atoms with Crippen molar-refractivity contribution in [2.45, 2.75) is 19.4 Å². The van der Waals surface area contributed by atoms with Crippen molar-refractivity contribution in [3.63, 3.8) is 0 Å². The fourth-order valence-electron chi connectivity index (χ4n) is 0.896. The van der Waals surface area contributed by atoms with E-state index in [4.69, 9.17) is 46.4 Å². The molecule has 1 rings (SSSR count). The molecule has 0 saturated carbocycles. The lowest BCUT2D eigenvalue weighted by atomic mass is 10.1. The maximum atomic E-state index is 9.47. The van der Waals surface area contributed by atoms with E-state index >= 15 is 0 Å². The van der Waals surface area contributed by atoms with Gasteiger partial charge in [-0.15, -0.1) is 0 Å². The van der Waals surface area contributed by atoms with Crippen LogP contribution >= 0.6 is 46.4 Å². The average molecular weight is 298 g/mol. The molecule has 0 aliphatic rings. The van der Waals surface area contributed by atoms with Crippen molar-refractivity contribution in [2.75, 3.05) is 0 Å². The van der Waals surface area contributed by atoms with Crippen molar-refractivity contribution in [3.8, 4) is 11.8 Å². The van der Waals surface area contributed by atoms with E-state index in [1.54, 1.807) is 13.8 Å². The average Bonchev–Trinajstić information content (AvgIpc) is 2.12. The highest BCUT2D eigenvalue weighted by Crippen LogP contribution is 2.36. The predicted octanol–water partition coefficient (Wildman–Crippen LogP) is 4.42. The second-order valence-corrected chi connectivity index (χ2v) is 5.22. The molecule has 16 heavy (non-hydrogen) atoms. The third-order valence-electron chi connectivity index (χ3n) is 1.61. The summed E-state index contributed by atoms with van der Waals surface area (Å²) in [5, 5.41) is 10.4. The molecule has 0 unspecified atom stereocenters. The third-order valence-corrected chi connectivity index (χ3v) is 3.17. The van der Waals surface area contributed by atoms with Gasteiger partial charge < -0.3 is 5.11 Å². The number of halogens is 4. The number of benzene rings is 1. The van der Waals surface area contributed by atoms with Crippen LogP contribution in [0.2, 0.25) is 20.1 Å². The Balaban J connectivity index is 3.34. The minimum Gasteiger partial charge on any atom is -0.378 e. The quantitative estimate of drug-likeness (QED) is 0.427. The second kappa shape index (κ2) is 5.04. The van der Waals surface area contributed by atoms with Crippen LogP contribution in [0.25, 0.3) is 0 Å². The van der Waals surface area contributed by atoms with Crippen LogP contribution in [0.15, 0.2) is 6.07 Å². The molecule has 1 aromatic carbocycles. The van der Waals surface area contributed by atoms with Crippen LogP contribution in [-0.4, -0.2) is 10.7 Å². The topological polar surface area (TPSA) is 20.2 Å². The molecule has 0 bridgehead atoms. The van der Waals surface area contributed by atoms with Crippen molar-refractivity contribution in [1.82, 2.24) is 0 Å². The van der Waals surface area contributed by atoms with E-state index in [1.807, 2.05) is 0 Å². The van der Waals surface area contributed by atoms with Crippen molar-refractivity contribution in [3.05, 3.63) is 31.7 Å². The minimum atomic E-state index is -1.13. The molecule has 5 heteroatoms. The zero-order valence-corrected chi connectivity index (χ0v) is 11.6. The van der Waals surface area contributed by atoms with Crippen LogP contribution in [-0.2, 0) is 0 Å². The normalized spacial score (nSPS) is 10.9. The lowest BCUT2D eigenvalue weighted by molar-refractivity contribution is 0.143. The highest BCUT2D eigenvalue weighted by atomic mass is 35.5. The van der Waals surface area contributed by atoms with Crippen molar-refractivity contribution >= 4 is 46.4 Å². The summed E-state index contributed by atoms with van der Waals surface area (Å²) >= 11 is 23.5. The Hall–Kier alpha value is -0.100. The van der Waals surface area contributed by atoms with Crippen LogP contribution in [0.1, 0.15) is 19.4 Å². The van der Waals surface area contributed by atoms with Gasteiger partial charge in [-0.2, -0.15) is 0 Å². The van der Waals surface area contributed by atoms with Crippen LogP contribution in [0, 0.1) is 11.8 Å². The van der Waals surface area contributed by atoms with Gasteiger partial charge in [-0.3, -0.25) is 0 Å². The Morgan fingerprint density at radius 1 is 1.06 bits per heavy atom. The molecule has 0 aliphatic carbocycles. The molecule has 1 nitrogen and oxygen atoms in total. The molecule has 0 saturated heterocycles. The largest absolute Gasteiger partial charge is 0.378 e. The zero-order chi connectivity index (χ0) is 12.5. The summed E-state index contributed by atoms with van der Waals surface area (Å²) in [6.07, 6.45) is 0. The molecular weight excluding hydrogens is 290 g/mol. The first-order valence-corrected chi connectivity index (χ1v) is 5.82. The molecule has 0 aliphatic heterocycles. The third kappa shape index (κ3) is 3.45. The summed E-state index contributed by atoms with van der Waals surface area (Å²) in [6, 6.07) is 1.46. The SMILES string of the molecule is CC(C)(O)C#Cc1c(Cl)cc(Cl)c(Cl)c1Cl. The van der Waals surface area contributed by atoms with Crippen LogP contribution < -0.4 is 0 Å². The summed E-state index contributed by atoms with van der Waals surface area (Å²) in [6.45, 7) is 3.11. The van der Waals surface area contributed by atoms with Gasteiger partial charge in [0.2, 0.25) is 0 Å². The first kappa shape index (κ1) is 14.0. The number of hydrogen-bond acceptors (Lipinski definition) is 1. The van der Waals surface area contributed by atoms with Gasteiger partial charge in [0.15, 0.2) is 0 Å². The molecule has 0 spiro atoms. The van der Waals surface area contributed by atoms with Gasteiger partial charge in [0.1, 0.15) is 5.60 Å². The molecule has 0 amide bonds. The smallest absolute Gasteiger partial charge is 0.120 e. The van der Waals surface area contributed by atoms with Crippen molar-refractivity contribution in [1.29, 1.82) is 0 Å². The Labute approximate surface area is 114 Å². The number of aliphatic hydroxyl groups is 1. The van der Waals surface area contributed by atoms with Crippen molar-refractivity contribution < 1.29 is 5.11 Å².